The van der Waals surface area contributed by atoms with Crippen molar-refractivity contribution in [3.8, 4) is 0 Å². The summed E-state index contributed by atoms with van der Waals surface area (Å²) >= 11 is 0. The Labute approximate surface area is 61.1 Å². The molecule has 0 rings (SSSR count). The van der Waals surface area contributed by atoms with Gasteiger partial charge in [-0.2, -0.15) is 0 Å². The van der Waals surface area contributed by atoms with Gasteiger partial charge in [0.25, 0.3) is 0 Å². The van der Waals surface area contributed by atoms with Gasteiger partial charge in [0.05, 0.1) is 0 Å². The van der Waals surface area contributed by atoms with Crippen LogP contribution < -0.4 is 0 Å². The highest BCUT2D eigenvalue weighted by Gasteiger charge is 1.97. The number of hydrogen-bond acceptors (Lipinski definition) is 2. The van der Waals surface area contributed by atoms with Crippen LogP contribution in [0, 0.1) is 0 Å². The highest BCUT2D eigenvalue weighted by atomic mass is 17.1. The molecule has 1 atom stereocenters. The average Bonchev–Trinajstić information content (AvgIpc) is 1.99. The van der Waals surface area contributed by atoms with Crippen LogP contribution in [0.25, 0.3) is 0 Å². The molecule has 0 heterocycles. The lowest BCUT2D eigenvalue weighted by atomic mass is 10.2. The van der Waals surface area contributed by atoms with E-state index < -0.39 is 0 Å². The van der Waals surface area contributed by atoms with Crippen LogP contribution in [0.5, 0.6) is 0 Å². The molecule has 2 heteroatoms. The van der Waals surface area contributed by atoms with Gasteiger partial charge in [0.2, 0.25) is 0 Å². The number of allylic oxidation sites excluding steroid dienone is 2. The summed E-state index contributed by atoms with van der Waals surface area (Å²) in [5.74, 6) is 0. The molecule has 0 saturated carbocycles. The molecule has 1 unspecified atom stereocenters. The zero-order chi connectivity index (χ0) is 7.82. The predicted octanol–water partition coefficient (Wildman–Crippen LogP) is 2.16. The zero-order valence-corrected chi connectivity index (χ0v) is 5.86. The summed E-state index contributed by atoms with van der Waals surface area (Å²) in [5, 5.41) is 8.19. The quantitative estimate of drug-likeness (QED) is 0.274. The topological polar surface area (TPSA) is 29.5 Å². The van der Waals surface area contributed by atoms with E-state index in [1.54, 1.807) is 12.2 Å². The van der Waals surface area contributed by atoms with E-state index in [-0.39, 0.29) is 6.10 Å². The Hall–Kier alpha value is -0.860. The lowest BCUT2D eigenvalue weighted by Crippen LogP contribution is -2.04. The first-order chi connectivity index (χ1) is 4.85. The van der Waals surface area contributed by atoms with E-state index >= 15 is 0 Å². The third kappa shape index (κ3) is 4.06. The van der Waals surface area contributed by atoms with Crippen molar-refractivity contribution in [2.24, 2.45) is 0 Å². The van der Waals surface area contributed by atoms with Crippen LogP contribution in [0.4, 0.5) is 0 Å². The van der Waals surface area contributed by atoms with Crippen molar-refractivity contribution >= 4 is 0 Å². The molecule has 0 aromatic rings. The molecule has 0 aliphatic heterocycles. The number of rotatable bonds is 5. The van der Waals surface area contributed by atoms with Gasteiger partial charge in [-0.25, -0.2) is 4.89 Å². The summed E-state index contributed by atoms with van der Waals surface area (Å²) in [6.45, 7) is 6.96. The van der Waals surface area contributed by atoms with Crippen molar-refractivity contribution in [3.63, 3.8) is 0 Å². The standard InChI is InChI=1S/C8H12O2/c1-3-5-6-7-8(4-2)10-9/h3-6,8-9H,1-2,7H2/b6-5+. The molecule has 1 N–H and O–H groups in total. The molecule has 0 fully saturated rings. The Morgan fingerprint density at radius 1 is 1.50 bits per heavy atom. The first kappa shape index (κ1) is 9.14. The summed E-state index contributed by atoms with van der Waals surface area (Å²) in [4.78, 5) is 4.04. The van der Waals surface area contributed by atoms with E-state index in [0.29, 0.717) is 6.42 Å². The van der Waals surface area contributed by atoms with Gasteiger partial charge in [0.1, 0.15) is 6.10 Å². The molecular weight excluding hydrogens is 128 g/mol. The van der Waals surface area contributed by atoms with Crippen LogP contribution in [0.1, 0.15) is 6.42 Å². The smallest absolute Gasteiger partial charge is 0.114 e. The third-order valence-corrected chi connectivity index (χ3v) is 1.04. The molecule has 10 heavy (non-hydrogen) atoms. The van der Waals surface area contributed by atoms with Gasteiger partial charge in [-0.05, 0) is 6.42 Å². The van der Waals surface area contributed by atoms with E-state index in [1.807, 2.05) is 6.08 Å². The van der Waals surface area contributed by atoms with Gasteiger partial charge >= 0.3 is 0 Å². The van der Waals surface area contributed by atoms with Gasteiger partial charge in [-0.1, -0.05) is 30.9 Å². The summed E-state index contributed by atoms with van der Waals surface area (Å²) < 4.78 is 0. The SMILES string of the molecule is C=C/C=C/CC(C=C)OO. The first-order valence-electron chi connectivity index (χ1n) is 3.05. The fourth-order valence-corrected chi connectivity index (χ4v) is 0.491. The molecule has 0 aromatic heterocycles. The maximum atomic E-state index is 8.19. The molecule has 0 bridgehead atoms. The van der Waals surface area contributed by atoms with Crippen molar-refractivity contribution in [2.75, 3.05) is 0 Å². The lowest BCUT2D eigenvalue weighted by Gasteiger charge is -2.02. The minimum absolute atomic E-state index is 0.309. The maximum absolute atomic E-state index is 8.19. The molecule has 0 aliphatic carbocycles. The average molecular weight is 140 g/mol. The van der Waals surface area contributed by atoms with E-state index in [0.717, 1.165) is 0 Å². The third-order valence-electron chi connectivity index (χ3n) is 1.04. The highest BCUT2D eigenvalue weighted by molar-refractivity contribution is 4.99. The molecule has 0 aliphatic rings. The predicted molar refractivity (Wildman–Crippen MR) is 41.7 cm³/mol. The van der Waals surface area contributed by atoms with Crippen LogP contribution >= 0.6 is 0 Å². The number of hydrogen-bond donors (Lipinski definition) is 1. The summed E-state index contributed by atoms with van der Waals surface area (Å²) in [6.07, 6.45) is 7.14. The van der Waals surface area contributed by atoms with Crippen LogP contribution in [0.3, 0.4) is 0 Å². The largest absolute Gasteiger partial charge is 0.251 e. The Bertz CT molecular complexity index is 127. The van der Waals surface area contributed by atoms with Crippen molar-refractivity contribution in [1.29, 1.82) is 0 Å². The van der Waals surface area contributed by atoms with Crippen molar-refractivity contribution in [1.82, 2.24) is 0 Å². The normalized spacial score (nSPS) is 13.3. The molecular formula is C8H12O2. The zero-order valence-electron chi connectivity index (χ0n) is 5.86. The van der Waals surface area contributed by atoms with Crippen LogP contribution in [0.15, 0.2) is 37.5 Å². The highest BCUT2D eigenvalue weighted by Crippen LogP contribution is 1.98. The van der Waals surface area contributed by atoms with Crippen LogP contribution in [-0.2, 0) is 4.89 Å². The van der Waals surface area contributed by atoms with Crippen molar-refractivity contribution in [3.05, 3.63) is 37.5 Å². The minimum Gasteiger partial charge on any atom is -0.251 e. The van der Waals surface area contributed by atoms with Crippen LogP contribution in [-0.4, -0.2) is 11.4 Å². The second-order valence-electron chi connectivity index (χ2n) is 1.78. The fourth-order valence-electron chi connectivity index (χ4n) is 0.491. The first-order valence-corrected chi connectivity index (χ1v) is 3.05. The Kier molecular flexibility index (Phi) is 5.72. The monoisotopic (exact) mass is 140 g/mol. The summed E-state index contributed by atoms with van der Waals surface area (Å²) in [6, 6.07) is 0. The van der Waals surface area contributed by atoms with Crippen molar-refractivity contribution < 1.29 is 10.1 Å². The van der Waals surface area contributed by atoms with E-state index in [2.05, 4.69) is 18.0 Å². The summed E-state index contributed by atoms with van der Waals surface area (Å²) in [7, 11) is 0. The van der Waals surface area contributed by atoms with E-state index in [4.69, 9.17) is 5.26 Å². The Balaban J connectivity index is 3.52. The Morgan fingerprint density at radius 3 is 2.60 bits per heavy atom. The minimum atomic E-state index is -0.309. The van der Waals surface area contributed by atoms with E-state index in [9.17, 15) is 0 Å². The maximum Gasteiger partial charge on any atom is 0.114 e. The molecule has 0 saturated heterocycles. The van der Waals surface area contributed by atoms with Gasteiger partial charge in [0.15, 0.2) is 0 Å². The molecule has 2 nitrogen and oxygen atoms in total. The molecule has 0 spiro atoms. The second kappa shape index (κ2) is 6.26. The second-order valence-corrected chi connectivity index (χ2v) is 1.78. The van der Waals surface area contributed by atoms with Gasteiger partial charge in [-0.15, -0.1) is 6.58 Å². The van der Waals surface area contributed by atoms with Crippen LogP contribution in [0.2, 0.25) is 0 Å². The molecule has 0 amide bonds. The Morgan fingerprint density at radius 2 is 2.20 bits per heavy atom. The van der Waals surface area contributed by atoms with E-state index in [1.165, 1.54) is 6.08 Å². The van der Waals surface area contributed by atoms with Crippen molar-refractivity contribution in [2.45, 2.75) is 12.5 Å². The molecule has 0 radical (unpaired) electrons. The summed E-state index contributed by atoms with van der Waals surface area (Å²) in [5.41, 5.74) is 0. The lowest BCUT2D eigenvalue weighted by molar-refractivity contribution is -0.264. The molecule has 56 valence electrons. The van der Waals surface area contributed by atoms with Gasteiger partial charge in [-0.3, -0.25) is 5.26 Å². The van der Waals surface area contributed by atoms with Gasteiger partial charge in [0, 0.05) is 0 Å². The van der Waals surface area contributed by atoms with Gasteiger partial charge < -0.3 is 0 Å². The molecule has 0 aromatic carbocycles. The fraction of sp³-hybridized carbons (Fsp3) is 0.250.